The van der Waals surface area contributed by atoms with Crippen molar-refractivity contribution in [3.05, 3.63) is 0 Å². The van der Waals surface area contributed by atoms with E-state index in [-0.39, 0.29) is 18.1 Å². The second-order valence-electron chi connectivity index (χ2n) is 4.97. The van der Waals surface area contributed by atoms with Gasteiger partial charge in [-0.25, -0.2) is 0 Å². The lowest BCUT2D eigenvalue weighted by Gasteiger charge is -2.20. The van der Waals surface area contributed by atoms with Crippen LogP contribution in [0.4, 0.5) is 0 Å². The van der Waals surface area contributed by atoms with E-state index in [0.717, 1.165) is 0 Å². The van der Waals surface area contributed by atoms with Gasteiger partial charge in [-0.3, -0.25) is 4.79 Å². The number of carbonyl (C=O) groups is 1. The topological polar surface area (TPSA) is 38.3 Å². The van der Waals surface area contributed by atoms with Crippen molar-refractivity contribution in [1.82, 2.24) is 5.32 Å². The highest BCUT2D eigenvalue weighted by Crippen LogP contribution is 2.10. The Bertz CT molecular complexity index is 199. The minimum atomic E-state index is -0.261. The first-order chi connectivity index (χ1) is 6.72. The molecule has 1 amide bonds. The van der Waals surface area contributed by atoms with Crippen LogP contribution in [-0.2, 0) is 9.53 Å². The minimum Gasteiger partial charge on any atom is -0.366 e. The molecular formula is C11H22BrNO2. The lowest BCUT2D eigenvalue weighted by Crippen LogP contribution is -2.36. The van der Waals surface area contributed by atoms with Gasteiger partial charge in [0.15, 0.2) is 0 Å². The first kappa shape index (κ1) is 14.9. The summed E-state index contributed by atoms with van der Waals surface area (Å²) in [5.74, 6) is 0.448. The van der Waals surface area contributed by atoms with Gasteiger partial charge in [0.25, 0.3) is 0 Å². The minimum absolute atomic E-state index is 0.0602. The number of ether oxygens (including phenoxy) is 1. The maximum atomic E-state index is 11.4. The van der Waals surface area contributed by atoms with Crippen molar-refractivity contribution in [2.24, 2.45) is 5.92 Å². The van der Waals surface area contributed by atoms with Crippen LogP contribution in [0.25, 0.3) is 0 Å². The van der Waals surface area contributed by atoms with Gasteiger partial charge in [-0.1, -0.05) is 29.8 Å². The molecule has 3 nitrogen and oxygen atoms in total. The van der Waals surface area contributed by atoms with Crippen LogP contribution in [0.5, 0.6) is 0 Å². The molecule has 0 radical (unpaired) electrons. The molecule has 0 heterocycles. The van der Waals surface area contributed by atoms with Crippen LogP contribution in [0.3, 0.4) is 0 Å². The molecule has 0 aliphatic carbocycles. The molecule has 15 heavy (non-hydrogen) atoms. The molecule has 0 saturated heterocycles. The summed E-state index contributed by atoms with van der Waals surface area (Å²) in [6.07, 6.45) is 0. The maximum Gasteiger partial charge on any atom is 0.246 e. The van der Waals surface area contributed by atoms with Crippen LogP contribution in [0, 0.1) is 5.92 Å². The Morgan fingerprint density at radius 1 is 1.40 bits per heavy atom. The van der Waals surface area contributed by atoms with E-state index >= 15 is 0 Å². The molecule has 0 rings (SSSR count). The molecule has 0 bridgehead atoms. The van der Waals surface area contributed by atoms with E-state index in [1.165, 1.54) is 0 Å². The van der Waals surface area contributed by atoms with Crippen LogP contribution in [-0.4, -0.2) is 29.5 Å². The molecule has 90 valence electrons. The molecule has 4 heteroatoms. The smallest absolute Gasteiger partial charge is 0.246 e. The fraction of sp³-hybridized carbons (Fsp3) is 0.909. The summed E-state index contributed by atoms with van der Waals surface area (Å²) in [5.41, 5.74) is -0.261. The monoisotopic (exact) mass is 279 g/mol. The Labute approximate surface area is 101 Å². The van der Waals surface area contributed by atoms with Crippen LogP contribution >= 0.6 is 15.9 Å². The third-order valence-corrected chi connectivity index (χ3v) is 3.23. The highest BCUT2D eigenvalue weighted by molar-refractivity contribution is 9.09. The third-order valence-electron chi connectivity index (χ3n) is 1.85. The van der Waals surface area contributed by atoms with E-state index in [1.807, 2.05) is 20.8 Å². The summed E-state index contributed by atoms with van der Waals surface area (Å²) in [4.78, 5) is 11.7. The number of rotatable bonds is 5. The Balaban J connectivity index is 3.67. The molecule has 1 unspecified atom stereocenters. The molecule has 0 fully saturated rings. The second kappa shape index (κ2) is 6.48. The zero-order valence-electron chi connectivity index (χ0n) is 10.3. The van der Waals surface area contributed by atoms with Crippen molar-refractivity contribution in [3.8, 4) is 0 Å². The van der Waals surface area contributed by atoms with Gasteiger partial charge in [-0.05, 0) is 26.7 Å². The van der Waals surface area contributed by atoms with E-state index in [2.05, 4.69) is 35.1 Å². The average molecular weight is 280 g/mol. The normalized spacial score (nSPS) is 14.1. The largest absolute Gasteiger partial charge is 0.366 e. The third kappa shape index (κ3) is 8.88. The van der Waals surface area contributed by atoms with Crippen molar-refractivity contribution in [2.75, 3.05) is 13.2 Å². The predicted octanol–water partition coefficient (Wildman–Crippen LogP) is 2.34. The van der Waals surface area contributed by atoms with E-state index in [9.17, 15) is 4.79 Å². The fourth-order valence-corrected chi connectivity index (χ4v) is 0.942. The van der Waals surface area contributed by atoms with Gasteiger partial charge >= 0.3 is 0 Å². The number of hydrogen-bond donors (Lipinski definition) is 1. The quantitative estimate of drug-likeness (QED) is 0.785. The molecule has 0 aliphatic rings. The van der Waals surface area contributed by atoms with Crippen molar-refractivity contribution in [3.63, 3.8) is 0 Å². The van der Waals surface area contributed by atoms with Gasteiger partial charge in [0.05, 0.1) is 5.60 Å². The number of hydrogen-bond acceptors (Lipinski definition) is 2. The van der Waals surface area contributed by atoms with Crippen LogP contribution < -0.4 is 5.32 Å². The summed E-state index contributed by atoms with van der Waals surface area (Å²) < 4.78 is 5.36. The van der Waals surface area contributed by atoms with Crippen molar-refractivity contribution in [2.45, 2.75) is 45.0 Å². The second-order valence-corrected chi connectivity index (χ2v) is 6.14. The number of alkyl halides is 1. The fourth-order valence-electron chi connectivity index (χ4n) is 0.780. The summed E-state index contributed by atoms with van der Waals surface area (Å²) in [7, 11) is 0. The maximum absolute atomic E-state index is 11.4. The van der Waals surface area contributed by atoms with Crippen LogP contribution in [0.1, 0.15) is 34.6 Å². The number of nitrogens with one attached hydrogen (secondary N) is 1. The van der Waals surface area contributed by atoms with Crippen LogP contribution in [0.2, 0.25) is 0 Å². The Morgan fingerprint density at radius 2 is 1.93 bits per heavy atom. The summed E-state index contributed by atoms with van der Waals surface area (Å²) in [6.45, 7) is 10.8. The lowest BCUT2D eigenvalue weighted by molar-refractivity contribution is -0.130. The average Bonchev–Trinajstić information content (AvgIpc) is 2.09. The van der Waals surface area contributed by atoms with Crippen molar-refractivity contribution < 1.29 is 9.53 Å². The van der Waals surface area contributed by atoms with E-state index in [1.54, 1.807) is 0 Å². The van der Waals surface area contributed by atoms with Gasteiger partial charge in [0.2, 0.25) is 5.91 Å². The predicted molar refractivity (Wildman–Crippen MR) is 66.3 cm³/mol. The summed E-state index contributed by atoms with van der Waals surface area (Å²) in [6, 6.07) is 0. The standard InChI is InChI=1S/C11H22BrNO2/c1-8(2)9(12)6-13-10(14)7-15-11(3,4)5/h8-9H,6-7H2,1-5H3,(H,13,14). The van der Waals surface area contributed by atoms with E-state index in [0.29, 0.717) is 17.3 Å². The van der Waals surface area contributed by atoms with Gasteiger partial charge < -0.3 is 10.1 Å². The van der Waals surface area contributed by atoms with Gasteiger partial charge in [0, 0.05) is 11.4 Å². The number of amides is 1. The Hall–Kier alpha value is -0.0900. The number of halogens is 1. The molecule has 0 aromatic carbocycles. The Morgan fingerprint density at radius 3 is 2.33 bits per heavy atom. The van der Waals surface area contributed by atoms with Crippen molar-refractivity contribution in [1.29, 1.82) is 0 Å². The zero-order chi connectivity index (χ0) is 12.1. The van der Waals surface area contributed by atoms with Gasteiger partial charge in [-0.2, -0.15) is 0 Å². The van der Waals surface area contributed by atoms with Crippen LogP contribution in [0.15, 0.2) is 0 Å². The van der Waals surface area contributed by atoms with Gasteiger partial charge in [-0.15, -0.1) is 0 Å². The molecule has 0 spiro atoms. The van der Waals surface area contributed by atoms with E-state index in [4.69, 9.17) is 4.74 Å². The molecule has 0 aliphatic heterocycles. The first-order valence-electron chi connectivity index (χ1n) is 5.27. The first-order valence-corrected chi connectivity index (χ1v) is 6.18. The molecule has 1 atom stereocenters. The highest BCUT2D eigenvalue weighted by Gasteiger charge is 2.14. The molecule has 0 saturated carbocycles. The van der Waals surface area contributed by atoms with E-state index < -0.39 is 0 Å². The molecular weight excluding hydrogens is 258 g/mol. The number of carbonyl (C=O) groups excluding carboxylic acids is 1. The molecule has 0 aromatic rings. The summed E-state index contributed by atoms with van der Waals surface area (Å²) >= 11 is 3.51. The summed E-state index contributed by atoms with van der Waals surface area (Å²) in [5, 5.41) is 2.83. The highest BCUT2D eigenvalue weighted by atomic mass is 79.9. The molecule has 1 N–H and O–H groups in total. The zero-order valence-corrected chi connectivity index (χ0v) is 11.8. The Kier molecular flexibility index (Phi) is 6.44. The lowest BCUT2D eigenvalue weighted by atomic mass is 10.1. The SMILES string of the molecule is CC(C)C(Br)CNC(=O)COC(C)(C)C. The van der Waals surface area contributed by atoms with Crippen molar-refractivity contribution >= 4 is 21.8 Å². The molecule has 0 aromatic heterocycles. The van der Waals surface area contributed by atoms with Gasteiger partial charge in [0.1, 0.15) is 6.61 Å².